The van der Waals surface area contributed by atoms with Crippen LogP contribution in [0.3, 0.4) is 0 Å². The zero-order valence-electron chi connectivity index (χ0n) is 13.1. The Morgan fingerprint density at radius 2 is 2.04 bits per heavy atom. The number of likely N-dealkylation sites (tertiary alicyclic amines) is 1. The summed E-state index contributed by atoms with van der Waals surface area (Å²) in [4.78, 5) is 26.7. The maximum Gasteiger partial charge on any atom is 0.253 e. The summed E-state index contributed by atoms with van der Waals surface area (Å²) in [7, 11) is 0. The summed E-state index contributed by atoms with van der Waals surface area (Å²) in [6, 6.07) is 7.43. The van der Waals surface area contributed by atoms with Crippen LogP contribution in [0.4, 0.5) is 5.95 Å². The molecule has 0 bridgehead atoms. The van der Waals surface area contributed by atoms with Crippen molar-refractivity contribution in [1.82, 2.24) is 14.9 Å². The third-order valence-electron chi connectivity index (χ3n) is 3.96. The third-order valence-corrected chi connectivity index (χ3v) is 4.15. The molecule has 1 aliphatic rings. The number of amides is 1. The Kier molecular flexibility index (Phi) is 5.17. The van der Waals surface area contributed by atoms with Crippen LogP contribution in [0.2, 0.25) is 5.02 Å². The minimum atomic E-state index is 0.0391. The van der Waals surface area contributed by atoms with Crippen molar-refractivity contribution < 1.29 is 4.79 Å². The van der Waals surface area contributed by atoms with Crippen molar-refractivity contribution in [2.75, 3.05) is 13.1 Å². The Morgan fingerprint density at radius 1 is 1.33 bits per heavy atom. The first-order chi connectivity index (χ1) is 11.7. The van der Waals surface area contributed by atoms with Crippen molar-refractivity contribution in [2.24, 2.45) is 16.6 Å². The maximum atomic E-state index is 12.5. The average Bonchev–Trinajstić information content (AvgIpc) is 3.10. The number of hydrogen-bond donors (Lipinski definition) is 1. The van der Waals surface area contributed by atoms with Gasteiger partial charge >= 0.3 is 0 Å². The fourth-order valence-corrected chi connectivity index (χ4v) is 2.70. The van der Waals surface area contributed by atoms with Crippen molar-refractivity contribution in [3.63, 3.8) is 0 Å². The van der Waals surface area contributed by atoms with Crippen LogP contribution in [0.25, 0.3) is 0 Å². The SMILES string of the molecule is NCc1ccc(C(=O)N2CCC(/C=N/c3ncc(Cl)cn3)C2)cc1. The summed E-state index contributed by atoms with van der Waals surface area (Å²) in [6.45, 7) is 1.84. The van der Waals surface area contributed by atoms with Gasteiger partial charge in [-0.3, -0.25) is 4.79 Å². The van der Waals surface area contributed by atoms with Gasteiger partial charge in [0.15, 0.2) is 0 Å². The Hall–Kier alpha value is -2.31. The molecule has 2 heterocycles. The normalized spacial score (nSPS) is 17.6. The fraction of sp³-hybridized carbons (Fsp3) is 0.294. The highest BCUT2D eigenvalue weighted by atomic mass is 35.5. The number of carbonyl (C=O) groups excluding carboxylic acids is 1. The molecule has 1 aromatic carbocycles. The topological polar surface area (TPSA) is 84.5 Å². The Balaban J connectivity index is 1.59. The first-order valence-electron chi connectivity index (χ1n) is 7.75. The second kappa shape index (κ2) is 7.51. The molecule has 124 valence electrons. The monoisotopic (exact) mass is 343 g/mol. The van der Waals surface area contributed by atoms with E-state index in [4.69, 9.17) is 17.3 Å². The standard InChI is InChI=1S/C17H18ClN5O/c18-15-9-21-17(22-10-15)20-8-13-5-6-23(11-13)16(24)14-3-1-12(7-19)2-4-14/h1-4,8-10,13H,5-7,11,19H2/b20-8+. The lowest BCUT2D eigenvalue weighted by Gasteiger charge is -2.16. The van der Waals surface area contributed by atoms with Gasteiger partial charge in [0.2, 0.25) is 5.95 Å². The molecule has 1 saturated heterocycles. The van der Waals surface area contributed by atoms with E-state index in [9.17, 15) is 4.79 Å². The van der Waals surface area contributed by atoms with Crippen LogP contribution in [0, 0.1) is 5.92 Å². The van der Waals surface area contributed by atoms with Crippen LogP contribution in [0.5, 0.6) is 0 Å². The highest BCUT2D eigenvalue weighted by molar-refractivity contribution is 6.30. The number of halogens is 1. The molecule has 3 rings (SSSR count). The quantitative estimate of drug-likeness (QED) is 0.864. The molecule has 2 N–H and O–H groups in total. The summed E-state index contributed by atoms with van der Waals surface area (Å²) < 4.78 is 0. The minimum Gasteiger partial charge on any atom is -0.338 e. The van der Waals surface area contributed by atoms with Crippen LogP contribution in [0.15, 0.2) is 41.7 Å². The van der Waals surface area contributed by atoms with Crippen LogP contribution in [-0.4, -0.2) is 40.1 Å². The van der Waals surface area contributed by atoms with Crippen molar-refractivity contribution in [3.8, 4) is 0 Å². The molecule has 1 atom stereocenters. The van der Waals surface area contributed by atoms with E-state index in [0.717, 1.165) is 18.5 Å². The second-order valence-corrected chi connectivity index (χ2v) is 6.12. The third kappa shape index (κ3) is 3.96. The van der Waals surface area contributed by atoms with Gasteiger partial charge < -0.3 is 10.6 Å². The fourth-order valence-electron chi connectivity index (χ4n) is 2.60. The second-order valence-electron chi connectivity index (χ2n) is 5.68. The molecular weight excluding hydrogens is 326 g/mol. The number of aliphatic imine (C=N–C) groups is 1. The van der Waals surface area contributed by atoms with E-state index in [-0.39, 0.29) is 11.8 Å². The predicted octanol–water partition coefficient (Wildman–Crippen LogP) is 2.45. The minimum absolute atomic E-state index is 0.0391. The molecule has 24 heavy (non-hydrogen) atoms. The van der Waals surface area contributed by atoms with Crippen molar-refractivity contribution >= 4 is 29.7 Å². The van der Waals surface area contributed by atoms with Crippen LogP contribution >= 0.6 is 11.6 Å². The summed E-state index contributed by atoms with van der Waals surface area (Å²) in [6.07, 6.45) is 5.71. The van der Waals surface area contributed by atoms with E-state index in [2.05, 4.69) is 15.0 Å². The Labute approximate surface area is 145 Å². The van der Waals surface area contributed by atoms with E-state index in [1.807, 2.05) is 35.4 Å². The molecule has 1 aliphatic heterocycles. The van der Waals surface area contributed by atoms with Crippen molar-refractivity contribution in [1.29, 1.82) is 0 Å². The molecule has 1 unspecified atom stereocenters. The Morgan fingerprint density at radius 3 is 2.71 bits per heavy atom. The van der Waals surface area contributed by atoms with Gasteiger partial charge in [-0.05, 0) is 24.1 Å². The first-order valence-corrected chi connectivity index (χ1v) is 8.13. The molecular formula is C17H18ClN5O. The smallest absolute Gasteiger partial charge is 0.253 e. The molecule has 1 fully saturated rings. The summed E-state index contributed by atoms with van der Waals surface area (Å²) in [5.74, 6) is 0.621. The van der Waals surface area contributed by atoms with E-state index in [1.54, 1.807) is 0 Å². The van der Waals surface area contributed by atoms with E-state index in [1.165, 1.54) is 12.4 Å². The number of hydrogen-bond acceptors (Lipinski definition) is 5. The molecule has 0 aliphatic carbocycles. The molecule has 1 aromatic heterocycles. The zero-order chi connectivity index (χ0) is 16.9. The van der Waals surface area contributed by atoms with Gasteiger partial charge in [-0.25, -0.2) is 15.0 Å². The summed E-state index contributed by atoms with van der Waals surface area (Å²) in [5, 5.41) is 0.479. The molecule has 2 aromatic rings. The summed E-state index contributed by atoms with van der Waals surface area (Å²) >= 11 is 5.74. The average molecular weight is 344 g/mol. The van der Waals surface area contributed by atoms with Crippen LogP contribution in [-0.2, 0) is 6.54 Å². The number of nitrogens with two attached hydrogens (primary N) is 1. The molecule has 0 spiro atoms. The first kappa shape index (κ1) is 16.5. The van der Waals surface area contributed by atoms with E-state index < -0.39 is 0 Å². The van der Waals surface area contributed by atoms with E-state index in [0.29, 0.717) is 29.6 Å². The maximum absolute atomic E-state index is 12.5. The van der Waals surface area contributed by atoms with Gasteiger partial charge in [0, 0.05) is 37.3 Å². The highest BCUT2D eigenvalue weighted by Crippen LogP contribution is 2.19. The van der Waals surface area contributed by atoms with Gasteiger partial charge in [0.25, 0.3) is 5.91 Å². The van der Waals surface area contributed by atoms with Gasteiger partial charge in [0.1, 0.15) is 0 Å². The molecule has 1 amide bonds. The van der Waals surface area contributed by atoms with Gasteiger partial charge in [-0.15, -0.1) is 0 Å². The number of aromatic nitrogens is 2. The Bertz CT molecular complexity index is 730. The number of nitrogens with zero attached hydrogens (tertiary/aromatic N) is 4. The van der Waals surface area contributed by atoms with Crippen molar-refractivity contribution in [2.45, 2.75) is 13.0 Å². The van der Waals surface area contributed by atoms with Gasteiger partial charge in [-0.2, -0.15) is 0 Å². The highest BCUT2D eigenvalue weighted by Gasteiger charge is 2.25. The number of rotatable bonds is 4. The molecule has 7 heteroatoms. The lowest BCUT2D eigenvalue weighted by Crippen LogP contribution is -2.28. The molecule has 0 saturated carbocycles. The van der Waals surface area contributed by atoms with Crippen LogP contribution in [0.1, 0.15) is 22.3 Å². The van der Waals surface area contributed by atoms with Gasteiger partial charge in [0.05, 0.1) is 17.4 Å². The van der Waals surface area contributed by atoms with E-state index >= 15 is 0 Å². The zero-order valence-corrected chi connectivity index (χ0v) is 13.9. The number of carbonyl (C=O) groups is 1. The largest absolute Gasteiger partial charge is 0.338 e. The number of benzene rings is 1. The molecule has 6 nitrogen and oxygen atoms in total. The molecule has 0 radical (unpaired) electrons. The lowest BCUT2D eigenvalue weighted by molar-refractivity contribution is 0.0790. The van der Waals surface area contributed by atoms with Gasteiger partial charge in [-0.1, -0.05) is 23.7 Å². The van der Waals surface area contributed by atoms with Crippen molar-refractivity contribution in [3.05, 3.63) is 52.8 Å². The lowest BCUT2D eigenvalue weighted by atomic mass is 10.1. The summed E-state index contributed by atoms with van der Waals surface area (Å²) in [5.41, 5.74) is 7.28. The van der Waals surface area contributed by atoms with Crippen LogP contribution < -0.4 is 5.73 Å². The predicted molar refractivity (Wildman–Crippen MR) is 93.5 cm³/mol.